The lowest BCUT2D eigenvalue weighted by molar-refractivity contribution is -0.139. The van der Waals surface area contributed by atoms with Gasteiger partial charge in [-0.05, 0) is 17.7 Å². The molecule has 0 amide bonds. The van der Waals surface area contributed by atoms with Crippen LogP contribution in [0.2, 0.25) is 0 Å². The summed E-state index contributed by atoms with van der Waals surface area (Å²) < 4.78 is 43.4. The van der Waals surface area contributed by atoms with Gasteiger partial charge < -0.3 is 4.74 Å². The van der Waals surface area contributed by atoms with E-state index in [1.807, 2.05) is 0 Å². The van der Waals surface area contributed by atoms with Crippen LogP contribution in [0, 0.1) is 0 Å². The molecule has 6 heteroatoms. The van der Waals surface area contributed by atoms with Gasteiger partial charge in [0.05, 0.1) is 7.11 Å². The molecule has 0 N–H and O–H groups in total. The van der Waals surface area contributed by atoms with E-state index >= 15 is 0 Å². The summed E-state index contributed by atoms with van der Waals surface area (Å²) in [5, 5.41) is 0.123. The number of rotatable bonds is 2. The monoisotopic (exact) mass is 346 g/mol. The van der Waals surface area contributed by atoms with Gasteiger partial charge in [0, 0.05) is 9.80 Å². The van der Waals surface area contributed by atoms with E-state index in [9.17, 15) is 13.2 Å². The molecule has 0 fully saturated rings. The number of ether oxygens (including phenoxy) is 1. The van der Waals surface area contributed by atoms with E-state index in [4.69, 9.17) is 4.74 Å². The minimum atomic E-state index is -4.41. The zero-order chi connectivity index (χ0) is 11.6. The van der Waals surface area contributed by atoms with E-state index in [-0.39, 0.29) is 16.6 Å². The topological polar surface area (TPSA) is 9.23 Å². The van der Waals surface area contributed by atoms with Crippen molar-refractivity contribution in [2.75, 3.05) is 7.11 Å². The van der Waals surface area contributed by atoms with Crippen molar-refractivity contribution < 1.29 is 17.9 Å². The molecule has 15 heavy (non-hydrogen) atoms. The number of halogens is 5. The summed E-state index contributed by atoms with van der Waals surface area (Å²) in [5.41, 5.74) is -0.584. The van der Waals surface area contributed by atoms with Gasteiger partial charge in [-0.1, -0.05) is 31.9 Å². The average Bonchev–Trinajstić information content (AvgIpc) is 2.14. The van der Waals surface area contributed by atoms with Crippen molar-refractivity contribution in [1.29, 1.82) is 0 Å². The van der Waals surface area contributed by atoms with Crippen LogP contribution in [0.25, 0.3) is 0 Å². The summed E-state index contributed by atoms with van der Waals surface area (Å²) >= 11 is 6.15. The lowest BCUT2D eigenvalue weighted by Gasteiger charge is -2.15. The van der Waals surface area contributed by atoms with Crippen LogP contribution in [0.1, 0.15) is 11.1 Å². The van der Waals surface area contributed by atoms with E-state index < -0.39 is 11.7 Å². The Morgan fingerprint density at radius 1 is 1.33 bits per heavy atom. The molecule has 0 aliphatic rings. The molecule has 1 nitrogen and oxygen atoms in total. The summed E-state index contributed by atoms with van der Waals surface area (Å²) in [6.07, 6.45) is -4.41. The van der Waals surface area contributed by atoms with Crippen molar-refractivity contribution in [3.05, 3.63) is 27.7 Å². The second kappa shape index (κ2) is 4.74. The summed E-state index contributed by atoms with van der Waals surface area (Å²) in [5.74, 6) is -0.175. The van der Waals surface area contributed by atoms with Crippen LogP contribution in [0.15, 0.2) is 16.6 Å². The normalized spacial score (nSPS) is 11.6. The minimum Gasteiger partial charge on any atom is -0.496 e. The quantitative estimate of drug-likeness (QED) is 0.722. The highest BCUT2D eigenvalue weighted by Gasteiger charge is 2.37. The third-order valence-corrected chi connectivity index (χ3v) is 2.86. The van der Waals surface area contributed by atoms with Crippen molar-refractivity contribution in [3.63, 3.8) is 0 Å². The van der Waals surface area contributed by atoms with Crippen molar-refractivity contribution in [3.8, 4) is 5.75 Å². The van der Waals surface area contributed by atoms with Crippen LogP contribution < -0.4 is 4.74 Å². The van der Waals surface area contributed by atoms with Crippen molar-refractivity contribution >= 4 is 31.9 Å². The Kier molecular flexibility index (Phi) is 4.06. The standard InChI is InChI=1S/C9H7Br2F3O/c1-15-7-3-6(11)2-5(4-10)8(7)9(12,13)14/h2-3H,4H2,1H3. The molecule has 0 aliphatic heterocycles. The smallest absolute Gasteiger partial charge is 0.420 e. The highest BCUT2D eigenvalue weighted by molar-refractivity contribution is 9.10. The van der Waals surface area contributed by atoms with Crippen LogP contribution in [0.4, 0.5) is 13.2 Å². The van der Waals surface area contributed by atoms with E-state index in [2.05, 4.69) is 31.9 Å². The zero-order valence-electron chi connectivity index (χ0n) is 7.66. The highest BCUT2D eigenvalue weighted by atomic mass is 79.9. The largest absolute Gasteiger partial charge is 0.496 e. The van der Waals surface area contributed by atoms with Gasteiger partial charge in [0.2, 0.25) is 0 Å². The van der Waals surface area contributed by atoms with Crippen LogP contribution >= 0.6 is 31.9 Å². The lowest BCUT2D eigenvalue weighted by Crippen LogP contribution is -2.10. The van der Waals surface area contributed by atoms with Crippen LogP contribution in [0.3, 0.4) is 0 Å². The molecule has 0 bridgehead atoms. The first-order chi connectivity index (χ1) is 6.90. The number of methoxy groups -OCH3 is 1. The minimum absolute atomic E-state index is 0.123. The van der Waals surface area contributed by atoms with Crippen molar-refractivity contribution in [2.45, 2.75) is 11.5 Å². The molecule has 0 saturated heterocycles. The molecule has 0 spiro atoms. The highest BCUT2D eigenvalue weighted by Crippen LogP contribution is 2.41. The predicted molar refractivity (Wildman–Crippen MR) is 58.3 cm³/mol. The van der Waals surface area contributed by atoms with E-state index in [0.717, 1.165) is 0 Å². The van der Waals surface area contributed by atoms with Crippen LogP contribution in [-0.2, 0) is 11.5 Å². The first-order valence-electron chi connectivity index (χ1n) is 3.89. The lowest BCUT2D eigenvalue weighted by atomic mass is 10.1. The van der Waals surface area contributed by atoms with Gasteiger partial charge in [-0.25, -0.2) is 0 Å². The fourth-order valence-corrected chi connectivity index (χ4v) is 2.15. The second-order valence-corrected chi connectivity index (χ2v) is 4.25. The van der Waals surface area contributed by atoms with E-state index in [0.29, 0.717) is 4.47 Å². The molecule has 84 valence electrons. The second-order valence-electron chi connectivity index (χ2n) is 2.77. The van der Waals surface area contributed by atoms with Gasteiger partial charge in [0.1, 0.15) is 11.3 Å². The SMILES string of the molecule is COc1cc(Br)cc(CBr)c1C(F)(F)F. The number of alkyl halides is 4. The third-order valence-electron chi connectivity index (χ3n) is 1.80. The molecule has 0 heterocycles. The molecular formula is C9H7Br2F3O. The molecule has 0 atom stereocenters. The zero-order valence-corrected chi connectivity index (χ0v) is 10.8. The molecule has 0 unspecified atom stereocenters. The van der Waals surface area contributed by atoms with Gasteiger partial charge in [0.15, 0.2) is 0 Å². The molecule has 1 aromatic carbocycles. The Balaban J connectivity index is 3.44. The summed E-state index contributed by atoms with van der Waals surface area (Å²) in [7, 11) is 1.22. The first-order valence-corrected chi connectivity index (χ1v) is 5.81. The summed E-state index contributed by atoms with van der Waals surface area (Å²) in [4.78, 5) is 0. The number of hydrogen-bond donors (Lipinski definition) is 0. The van der Waals surface area contributed by atoms with Crippen molar-refractivity contribution in [2.24, 2.45) is 0 Å². The third kappa shape index (κ3) is 2.87. The molecule has 1 aromatic rings. The van der Waals surface area contributed by atoms with Gasteiger partial charge in [-0.3, -0.25) is 0 Å². The Morgan fingerprint density at radius 3 is 2.33 bits per heavy atom. The van der Waals surface area contributed by atoms with E-state index in [1.165, 1.54) is 19.2 Å². The number of benzene rings is 1. The van der Waals surface area contributed by atoms with Gasteiger partial charge >= 0.3 is 6.18 Å². The maximum atomic E-state index is 12.7. The molecule has 0 aromatic heterocycles. The molecular weight excluding hydrogens is 341 g/mol. The summed E-state index contributed by atoms with van der Waals surface area (Å²) in [6, 6.07) is 2.72. The maximum Gasteiger partial charge on any atom is 0.420 e. The Bertz CT molecular complexity index is 338. The fraction of sp³-hybridized carbons (Fsp3) is 0.333. The van der Waals surface area contributed by atoms with Crippen molar-refractivity contribution in [1.82, 2.24) is 0 Å². The Hall–Kier alpha value is -0.230. The number of hydrogen-bond acceptors (Lipinski definition) is 1. The van der Waals surface area contributed by atoms with Crippen LogP contribution in [-0.4, -0.2) is 7.11 Å². The molecule has 0 aliphatic carbocycles. The maximum absolute atomic E-state index is 12.7. The average molecular weight is 348 g/mol. The van der Waals surface area contributed by atoms with Gasteiger partial charge in [0.25, 0.3) is 0 Å². The predicted octanol–water partition coefficient (Wildman–Crippen LogP) is 4.37. The molecule has 0 radical (unpaired) electrons. The van der Waals surface area contributed by atoms with Gasteiger partial charge in [-0.15, -0.1) is 0 Å². The van der Waals surface area contributed by atoms with Gasteiger partial charge in [-0.2, -0.15) is 13.2 Å². The Labute approximate surface area is 102 Å². The Morgan fingerprint density at radius 2 is 1.93 bits per heavy atom. The molecule has 0 saturated carbocycles. The van der Waals surface area contributed by atoms with E-state index in [1.54, 1.807) is 0 Å². The summed E-state index contributed by atoms with van der Waals surface area (Å²) in [6.45, 7) is 0. The molecule has 1 rings (SSSR count). The van der Waals surface area contributed by atoms with Crippen LogP contribution in [0.5, 0.6) is 5.75 Å². The first kappa shape index (κ1) is 12.8. The fourth-order valence-electron chi connectivity index (χ4n) is 1.22.